The average molecular weight is 337 g/mol. The van der Waals surface area contributed by atoms with Crippen LogP contribution in [0.15, 0.2) is 72.8 Å². The molecule has 0 fully saturated rings. The molecule has 0 spiro atoms. The van der Waals surface area contributed by atoms with E-state index < -0.39 is 0 Å². The van der Waals surface area contributed by atoms with Gasteiger partial charge in [-0.1, -0.05) is 54.1 Å². The quantitative estimate of drug-likeness (QED) is 0.647. The average Bonchev–Trinajstić information content (AvgIpc) is 2.59. The zero-order valence-corrected chi connectivity index (χ0v) is 14.0. The fourth-order valence-corrected chi connectivity index (χ4v) is 2.58. The largest absolute Gasteiger partial charge is 0.355 e. The van der Waals surface area contributed by atoms with Crippen LogP contribution in [0.2, 0.25) is 5.02 Å². The molecular formula is C20H17ClN2O. The Hall–Kier alpha value is -2.78. The van der Waals surface area contributed by atoms with E-state index >= 15 is 0 Å². The molecule has 0 heterocycles. The first-order valence-electron chi connectivity index (χ1n) is 7.63. The lowest BCUT2D eigenvalue weighted by Gasteiger charge is -2.14. The summed E-state index contributed by atoms with van der Waals surface area (Å²) >= 11 is 6.12. The maximum absolute atomic E-state index is 12.7. The second-order valence-electron chi connectivity index (χ2n) is 5.42. The van der Waals surface area contributed by atoms with Crippen molar-refractivity contribution < 1.29 is 4.79 Å². The van der Waals surface area contributed by atoms with Gasteiger partial charge in [-0.25, -0.2) is 0 Å². The van der Waals surface area contributed by atoms with Crippen LogP contribution >= 0.6 is 11.6 Å². The SMILES string of the molecule is Cc1ccccc1Nc1ccccc1C(=O)Nc1ccccc1Cl. The van der Waals surface area contributed by atoms with Crippen molar-refractivity contribution in [2.45, 2.75) is 6.92 Å². The highest BCUT2D eigenvalue weighted by molar-refractivity contribution is 6.34. The number of halogens is 1. The van der Waals surface area contributed by atoms with Crippen molar-refractivity contribution in [3.63, 3.8) is 0 Å². The molecule has 0 aliphatic carbocycles. The van der Waals surface area contributed by atoms with Crippen LogP contribution in [0.5, 0.6) is 0 Å². The van der Waals surface area contributed by atoms with Gasteiger partial charge in [-0.2, -0.15) is 0 Å². The van der Waals surface area contributed by atoms with Gasteiger partial charge in [0.05, 0.1) is 22.0 Å². The second kappa shape index (κ2) is 7.20. The number of benzene rings is 3. The van der Waals surface area contributed by atoms with Gasteiger partial charge in [0.25, 0.3) is 5.91 Å². The number of carbonyl (C=O) groups excluding carboxylic acids is 1. The first kappa shape index (κ1) is 16.1. The van der Waals surface area contributed by atoms with E-state index in [0.717, 1.165) is 16.9 Å². The molecule has 0 aromatic heterocycles. The fraction of sp³-hybridized carbons (Fsp3) is 0.0500. The van der Waals surface area contributed by atoms with E-state index in [9.17, 15) is 4.79 Å². The summed E-state index contributed by atoms with van der Waals surface area (Å²) in [6, 6.07) is 22.5. The molecule has 0 radical (unpaired) electrons. The number of para-hydroxylation sites is 3. The van der Waals surface area contributed by atoms with Crippen LogP contribution in [0, 0.1) is 6.92 Å². The number of hydrogen-bond acceptors (Lipinski definition) is 2. The predicted molar refractivity (Wildman–Crippen MR) is 100 cm³/mol. The summed E-state index contributed by atoms with van der Waals surface area (Å²) in [5, 5.41) is 6.69. The van der Waals surface area contributed by atoms with Crippen molar-refractivity contribution in [2.75, 3.05) is 10.6 Å². The van der Waals surface area contributed by atoms with Crippen molar-refractivity contribution in [1.82, 2.24) is 0 Å². The van der Waals surface area contributed by atoms with E-state index in [1.54, 1.807) is 18.2 Å². The molecule has 24 heavy (non-hydrogen) atoms. The summed E-state index contributed by atoms with van der Waals surface area (Å²) in [7, 11) is 0. The Morgan fingerprint density at radius 3 is 2.08 bits per heavy atom. The number of aryl methyl sites for hydroxylation is 1. The Balaban J connectivity index is 1.88. The molecule has 0 aliphatic heterocycles. The van der Waals surface area contributed by atoms with Crippen LogP contribution in [0.1, 0.15) is 15.9 Å². The van der Waals surface area contributed by atoms with Crippen LogP contribution in [-0.2, 0) is 0 Å². The topological polar surface area (TPSA) is 41.1 Å². The van der Waals surface area contributed by atoms with E-state index in [2.05, 4.69) is 10.6 Å². The smallest absolute Gasteiger partial charge is 0.257 e. The highest BCUT2D eigenvalue weighted by Crippen LogP contribution is 2.26. The van der Waals surface area contributed by atoms with Crippen LogP contribution in [-0.4, -0.2) is 5.91 Å². The van der Waals surface area contributed by atoms with E-state index in [1.807, 2.05) is 61.5 Å². The van der Waals surface area contributed by atoms with Gasteiger partial charge in [-0.15, -0.1) is 0 Å². The third-order valence-electron chi connectivity index (χ3n) is 3.71. The monoisotopic (exact) mass is 336 g/mol. The number of rotatable bonds is 4. The van der Waals surface area contributed by atoms with Crippen LogP contribution in [0.4, 0.5) is 17.1 Å². The molecule has 0 saturated heterocycles. The minimum atomic E-state index is -0.209. The summed E-state index contributed by atoms with van der Waals surface area (Å²) in [4.78, 5) is 12.7. The second-order valence-corrected chi connectivity index (χ2v) is 5.83. The maximum Gasteiger partial charge on any atom is 0.257 e. The lowest BCUT2D eigenvalue weighted by molar-refractivity contribution is 0.102. The normalized spacial score (nSPS) is 10.2. The van der Waals surface area contributed by atoms with E-state index in [-0.39, 0.29) is 5.91 Å². The highest BCUT2D eigenvalue weighted by atomic mass is 35.5. The molecule has 0 aliphatic rings. The standard InChI is InChI=1S/C20H17ClN2O/c1-14-8-2-5-11-17(14)22-18-12-6-3-9-15(18)20(24)23-19-13-7-4-10-16(19)21/h2-13,22H,1H3,(H,23,24). The molecule has 0 unspecified atom stereocenters. The van der Waals surface area contributed by atoms with Gasteiger partial charge in [-0.05, 0) is 42.8 Å². The van der Waals surface area contributed by atoms with Crippen LogP contribution in [0.3, 0.4) is 0 Å². The maximum atomic E-state index is 12.7. The van der Waals surface area contributed by atoms with Gasteiger partial charge >= 0.3 is 0 Å². The summed E-state index contributed by atoms with van der Waals surface area (Å²) in [5.41, 5.74) is 3.97. The van der Waals surface area contributed by atoms with Gasteiger partial charge in [0.1, 0.15) is 0 Å². The zero-order valence-electron chi connectivity index (χ0n) is 13.2. The Kier molecular flexibility index (Phi) is 4.82. The van der Waals surface area contributed by atoms with Gasteiger partial charge in [0, 0.05) is 5.69 Å². The Bertz CT molecular complexity index is 877. The van der Waals surface area contributed by atoms with E-state index in [0.29, 0.717) is 16.3 Å². The summed E-state index contributed by atoms with van der Waals surface area (Å²) in [6.45, 7) is 2.02. The Labute approximate surface area is 146 Å². The van der Waals surface area contributed by atoms with Crippen molar-refractivity contribution in [3.05, 3.63) is 88.9 Å². The molecule has 3 aromatic rings. The molecule has 3 aromatic carbocycles. The molecule has 4 heteroatoms. The number of carbonyl (C=O) groups is 1. The molecular weight excluding hydrogens is 320 g/mol. The van der Waals surface area contributed by atoms with E-state index in [4.69, 9.17) is 11.6 Å². The number of hydrogen-bond donors (Lipinski definition) is 2. The zero-order chi connectivity index (χ0) is 16.9. The van der Waals surface area contributed by atoms with Crippen molar-refractivity contribution >= 4 is 34.6 Å². The van der Waals surface area contributed by atoms with Crippen LogP contribution < -0.4 is 10.6 Å². The van der Waals surface area contributed by atoms with Crippen molar-refractivity contribution in [2.24, 2.45) is 0 Å². The third kappa shape index (κ3) is 3.58. The van der Waals surface area contributed by atoms with Gasteiger partial charge in [0.2, 0.25) is 0 Å². The van der Waals surface area contributed by atoms with Gasteiger partial charge in [-0.3, -0.25) is 4.79 Å². The highest BCUT2D eigenvalue weighted by Gasteiger charge is 2.13. The summed E-state index contributed by atoms with van der Waals surface area (Å²) in [6.07, 6.45) is 0. The van der Waals surface area contributed by atoms with Gasteiger partial charge in [0.15, 0.2) is 0 Å². The number of amides is 1. The number of nitrogens with one attached hydrogen (secondary N) is 2. The molecule has 120 valence electrons. The minimum absolute atomic E-state index is 0.209. The lowest BCUT2D eigenvalue weighted by atomic mass is 10.1. The minimum Gasteiger partial charge on any atom is -0.355 e. The molecule has 0 bridgehead atoms. The molecule has 3 rings (SSSR count). The first-order chi connectivity index (χ1) is 11.6. The molecule has 1 amide bonds. The lowest BCUT2D eigenvalue weighted by Crippen LogP contribution is -2.14. The van der Waals surface area contributed by atoms with Crippen molar-refractivity contribution in [3.8, 4) is 0 Å². The predicted octanol–water partition coefficient (Wildman–Crippen LogP) is 5.64. The third-order valence-corrected chi connectivity index (χ3v) is 4.04. The summed E-state index contributed by atoms with van der Waals surface area (Å²) < 4.78 is 0. The Morgan fingerprint density at radius 1 is 0.792 bits per heavy atom. The fourth-order valence-electron chi connectivity index (χ4n) is 2.40. The first-order valence-corrected chi connectivity index (χ1v) is 8.00. The molecule has 3 nitrogen and oxygen atoms in total. The molecule has 2 N–H and O–H groups in total. The summed E-state index contributed by atoms with van der Waals surface area (Å²) in [5.74, 6) is -0.209. The molecule has 0 atom stereocenters. The van der Waals surface area contributed by atoms with Gasteiger partial charge < -0.3 is 10.6 Å². The van der Waals surface area contributed by atoms with Crippen LogP contribution in [0.25, 0.3) is 0 Å². The molecule has 0 saturated carbocycles. The number of anilines is 3. The van der Waals surface area contributed by atoms with E-state index in [1.165, 1.54) is 0 Å². The Morgan fingerprint density at radius 2 is 1.38 bits per heavy atom. The van der Waals surface area contributed by atoms with Crippen molar-refractivity contribution in [1.29, 1.82) is 0 Å².